The van der Waals surface area contributed by atoms with Crippen LogP contribution in [0.25, 0.3) is 22.5 Å². The molecule has 0 bridgehead atoms. The summed E-state index contributed by atoms with van der Waals surface area (Å²) in [4.78, 5) is 13.2. The normalized spacial score (nSPS) is 11.3. The molecule has 0 aliphatic carbocycles. The molecule has 0 fully saturated rings. The van der Waals surface area contributed by atoms with Gasteiger partial charge in [0.15, 0.2) is 5.96 Å². The molecule has 2 heterocycles. The number of aliphatic imine (C=N–C) groups is 1. The van der Waals surface area contributed by atoms with Crippen molar-refractivity contribution in [2.24, 2.45) is 4.99 Å². The van der Waals surface area contributed by atoms with Gasteiger partial charge in [-0.15, -0.1) is 24.0 Å². The molecule has 0 atom stereocenters. The molecule has 2 N–H and O–H groups in total. The molecule has 2 aromatic carbocycles. The molecule has 2 aromatic heterocycles. The minimum absolute atomic E-state index is 0. The van der Waals surface area contributed by atoms with E-state index < -0.39 is 0 Å². The smallest absolute Gasteiger partial charge is 0.226 e. The molecule has 0 saturated carbocycles. The van der Waals surface area contributed by atoms with Crippen LogP contribution < -0.4 is 10.6 Å². The van der Waals surface area contributed by atoms with E-state index in [1.54, 1.807) is 13.3 Å². The van der Waals surface area contributed by atoms with Crippen LogP contribution in [0.4, 0.5) is 0 Å². The van der Waals surface area contributed by atoms with Crippen molar-refractivity contribution in [3.8, 4) is 11.5 Å². The van der Waals surface area contributed by atoms with E-state index in [4.69, 9.17) is 4.42 Å². The largest absolute Gasteiger partial charge is 0.444 e. The average molecular weight is 516 g/mol. The van der Waals surface area contributed by atoms with Crippen LogP contribution in [-0.4, -0.2) is 34.1 Å². The van der Waals surface area contributed by atoms with Gasteiger partial charge in [0.2, 0.25) is 5.89 Å². The Balaban J connectivity index is 0.00000256. The Hall–Kier alpha value is -2.88. The molecule has 0 aliphatic rings. The zero-order valence-electron chi connectivity index (χ0n) is 16.8. The number of fused-ring (bicyclic) bond motifs is 1. The molecule has 0 unspecified atom stereocenters. The van der Waals surface area contributed by atoms with Gasteiger partial charge in [-0.25, -0.2) is 9.97 Å². The lowest BCUT2D eigenvalue weighted by Gasteiger charge is -2.11. The summed E-state index contributed by atoms with van der Waals surface area (Å²) in [6, 6.07) is 18.0. The van der Waals surface area contributed by atoms with Crippen LogP contribution >= 0.6 is 24.0 Å². The first-order valence-electron chi connectivity index (χ1n) is 9.68. The maximum absolute atomic E-state index is 5.57. The number of rotatable bonds is 7. The summed E-state index contributed by atoms with van der Waals surface area (Å²) in [5.74, 6) is 1.36. The van der Waals surface area contributed by atoms with E-state index in [-0.39, 0.29) is 24.0 Å². The van der Waals surface area contributed by atoms with Crippen LogP contribution in [0.15, 0.2) is 76.6 Å². The van der Waals surface area contributed by atoms with Crippen LogP contribution in [0.1, 0.15) is 12.1 Å². The Morgan fingerprint density at radius 1 is 1.07 bits per heavy atom. The number of halogens is 1. The molecule has 30 heavy (non-hydrogen) atoms. The van der Waals surface area contributed by atoms with Crippen LogP contribution in [0.2, 0.25) is 0 Å². The molecule has 8 heteroatoms. The first kappa shape index (κ1) is 21.8. The van der Waals surface area contributed by atoms with Gasteiger partial charge in [0, 0.05) is 25.7 Å². The molecule has 7 nitrogen and oxygen atoms in total. The number of hydrogen-bond acceptors (Lipinski definition) is 4. The summed E-state index contributed by atoms with van der Waals surface area (Å²) in [5, 5.41) is 6.61. The van der Waals surface area contributed by atoms with Crippen molar-refractivity contribution in [3.63, 3.8) is 0 Å². The SMILES string of the molecule is CN=C(NCCCn1cnc2ccccc21)NCc1coc(-c2ccccc2)n1.I. The van der Waals surface area contributed by atoms with E-state index in [0.717, 1.165) is 47.8 Å². The highest BCUT2D eigenvalue weighted by molar-refractivity contribution is 14.0. The van der Waals surface area contributed by atoms with Crippen molar-refractivity contribution in [3.05, 3.63) is 72.9 Å². The average Bonchev–Trinajstić information content (AvgIpc) is 3.41. The van der Waals surface area contributed by atoms with Crippen molar-refractivity contribution >= 4 is 41.0 Å². The molecule has 0 aliphatic heterocycles. The second-order valence-corrected chi connectivity index (χ2v) is 6.64. The van der Waals surface area contributed by atoms with E-state index in [0.29, 0.717) is 12.4 Å². The topological polar surface area (TPSA) is 80.3 Å². The summed E-state index contributed by atoms with van der Waals surface area (Å²) < 4.78 is 7.75. The van der Waals surface area contributed by atoms with Gasteiger partial charge in [0.1, 0.15) is 6.26 Å². The van der Waals surface area contributed by atoms with Gasteiger partial charge >= 0.3 is 0 Å². The number of nitrogens with one attached hydrogen (secondary N) is 2. The first-order valence-corrected chi connectivity index (χ1v) is 9.68. The Labute approximate surface area is 192 Å². The predicted molar refractivity (Wildman–Crippen MR) is 130 cm³/mol. The second-order valence-electron chi connectivity index (χ2n) is 6.64. The Morgan fingerprint density at radius 3 is 2.70 bits per heavy atom. The highest BCUT2D eigenvalue weighted by Crippen LogP contribution is 2.17. The van der Waals surface area contributed by atoms with Crippen LogP contribution in [0, 0.1) is 0 Å². The van der Waals surface area contributed by atoms with Crippen LogP contribution in [0.3, 0.4) is 0 Å². The minimum Gasteiger partial charge on any atom is -0.444 e. The Bertz CT molecular complexity index is 1090. The lowest BCUT2D eigenvalue weighted by molar-refractivity contribution is 0.572. The molecule has 0 saturated heterocycles. The van der Waals surface area contributed by atoms with Gasteiger partial charge in [0.05, 0.1) is 29.6 Å². The van der Waals surface area contributed by atoms with Gasteiger partial charge in [-0.3, -0.25) is 4.99 Å². The number of benzene rings is 2. The lowest BCUT2D eigenvalue weighted by Crippen LogP contribution is -2.37. The van der Waals surface area contributed by atoms with Crippen molar-refractivity contribution in [1.82, 2.24) is 25.2 Å². The van der Waals surface area contributed by atoms with Crippen molar-refractivity contribution in [2.45, 2.75) is 19.5 Å². The van der Waals surface area contributed by atoms with Gasteiger partial charge in [-0.2, -0.15) is 0 Å². The predicted octanol–water partition coefficient (Wildman–Crippen LogP) is 4.06. The molecule has 4 aromatic rings. The number of nitrogens with zero attached hydrogens (tertiary/aromatic N) is 4. The zero-order valence-corrected chi connectivity index (χ0v) is 19.1. The molecular formula is C22H25IN6O. The molecule has 0 spiro atoms. The third kappa shape index (κ3) is 5.38. The summed E-state index contributed by atoms with van der Waals surface area (Å²) in [6.07, 6.45) is 4.53. The first-order chi connectivity index (χ1) is 14.3. The summed E-state index contributed by atoms with van der Waals surface area (Å²) in [5.41, 5.74) is 3.99. The number of aryl methyl sites for hydroxylation is 1. The molecule has 156 valence electrons. The fourth-order valence-electron chi connectivity index (χ4n) is 3.14. The van der Waals surface area contributed by atoms with Gasteiger partial charge in [0.25, 0.3) is 0 Å². The molecule has 4 rings (SSSR count). The van der Waals surface area contributed by atoms with E-state index in [9.17, 15) is 0 Å². The number of guanidine groups is 1. The zero-order chi connectivity index (χ0) is 19.9. The van der Waals surface area contributed by atoms with Crippen LogP contribution in [-0.2, 0) is 13.1 Å². The van der Waals surface area contributed by atoms with E-state index in [2.05, 4.69) is 36.2 Å². The highest BCUT2D eigenvalue weighted by Gasteiger charge is 2.07. The van der Waals surface area contributed by atoms with Gasteiger partial charge in [-0.1, -0.05) is 30.3 Å². The van der Waals surface area contributed by atoms with Crippen molar-refractivity contribution in [1.29, 1.82) is 0 Å². The Morgan fingerprint density at radius 2 is 1.87 bits per heavy atom. The quantitative estimate of drug-likeness (QED) is 0.168. The second kappa shape index (κ2) is 10.8. The van der Waals surface area contributed by atoms with E-state index in [1.165, 1.54) is 0 Å². The minimum atomic E-state index is 0. The monoisotopic (exact) mass is 516 g/mol. The third-order valence-electron chi connectivity index (χ3n) is 4.63. The molecule has 0 radical (unpaired) electrons. The number of oxazole rings is 1. The fourth-order valence-corrected chi connectivity index (χ4v) is 3.14. The number of hydrogen-bond donors (Lipinski definition) is 2. The van der Waals surface area contributed by atoms with Crippen LogP contribution in [0.5, 0.6) is 0 Å². The summed E-state index contributed by atoms with van der Waals surface area (Å²) >= 11 is 0. The number of aromatic nitrogens is 3. The number of para-hydroxylation sites is 2. The third-order valence-corrected chi connectivity index (χ3v) is 4.63. The van der Waals surface area contributed by atoms with Crippen molar-refractivity contribution in [2.75, 3.05) is 13.6 Å². The van der Waals surface area contributed by atoms with Gasteiger partial charge in [-0.05, 0) is 30.7 Å². The maximum atomic E-state index is 5.57. The maximum Gasteiger partial charge on any atom is 0.226 e. The molecular weight excluding hydrogens is 491 g/mol. The Kier molecular flexibility index (Phi) is 7.83. The summed E-state index contributed by atoms with van der Waals surface area (Å²) in [6.45, 7) is 2.25. The number of imidazole rings is 1. The van der Waals surface area contributed by atoms with Gasteiger partial charge < -0.3 is 19.6 Å². The van der Waals surface area contributed by atoms with E-state index in [1.807, 2.05) is 54.9 Å². The lowest BCUT2D eigenvalue weighted by atomic mass is 10.2. The standard InChI is InChI=1S/C22H24N6O.HI/c1-23-22(24-12-7-13-28-16-26-19-10-5-6-11-20(19)28)25-14-18-15-29-21(27-18)17-8-3-2-4-9-17;/h2-6,8-11,15-16H,7,12-14H2,1H3,(H2,23,24,25);1H. The molecule has 0 amide bonds. The fraction of sp³-hybridized carbons (Fsp3) is 0.227. The summed E-state index contributed by atoms with van der Waals surface area (Å²) in [7, 11) is 1.76. The highest BCUT2D eigenvalue weighted by atomic mass is 127. The van der Waals surface area contributed by atoms with E-state index >= 15 is 0 Å². The van der Waals surface area contributed by atoms with Crippen molar-refractivity contribution < 1.29 is 4.42 Å².